The minimum absolute atomic E-state index is 0.161. The number of benzene rings is 2. The molecule has 3 nitrogen and oxygen atoms in total. The molecule has 0 N–H and O–H groups in total. The van der Waals surface area contributed by atoms with Crippen molar-refractivity contribution in [2.45, 2.75) is 22.8 Å². The van der Waals surface area contributed by atoms with Gasteiger partial charge < -0.3 is 0 Å². The zero-order valence-electron chi connectivity index (χ0n) is 12.5. The summed E-state index contributed by atoms with van der Waals surface area (Å²) in [5, 5.41) is 0. The van der Waals surface area contributed by atoms with Crippen molar-refractivity contribution < 1.29 is 8.42 Å². The molecule has 0 spiro atoms. The Bertz CT molecular complexity index is 742. The number of rotatable bonds is 5. The number of hydrogen-bond acceptors (Lipinski definition) is 4. The first-order chi connectivity index (χ1) is 10.4. The first-order valence-corrected chi connectivity index (χ1v) is 9.37. The van der Waals surface area contributed by atoms with Gasteiger partial charge in [-0.3, -0.25) is 0 Å². The van der Waals surface area contributed by atoms with E-state index in [9.17, 15) is 8.42 Å². The summed E-state index contributed by atoms with van der Waals surface area (Å²) in [4.78, 5) is 1.14. The second-order valence-corrected chi connectivity index (χ2v) is 7.94. The Balaban J connectivity index is 2.35. The molecule has 0 saturated carbocycles. The van der Waals surface area contributed by atoms with Crippen molar-refractivity contribution in [2.24, 2.45) is 0 Å². The van der Waals surface area contributed by atoms with E-state index in [1.165, 1.54) is 4.31 Å². The van der Waals surface area contributed by atoms with E-state index in [4.69, 9.17) is 0 Å². The van der Waals surface area contributed by atoms with Crippen LogP contribution in [0, 0.1) is 0 Å². The molecule has 0 amide bonds. The van der Waals surface area contributed by atoms with E-state index in [0.717, 1.165) is 16.0 Å². The Morgan fingerprint density at radius 3 is 2.23 bits per heavy atom. The molecule has 0 aliphatic heterocycles. The van der Waals surface area contributed by atoms with Gasteiger partial charge in [0.15, 0.2) is 0 Å². The fraction of sp³-hybridized carbons (Fsp3) is 0.250. The fourth-order valence-electron chi connectivity index (χ4n) is 2.04. The fourth-order valence-corrected chi connectivity index (χ4v) is 4.05. The quantitative estimate of drug-likeness (QED) is 0.806. The Morgan fingerprint density at radius 1 is 1.09 bits per heavy atom. The van der Waals surface area contributed by atoms with Crippen LogP contribution in [-0.2, 0) is 10.0 Å². The van der Waals surface area contributed by atoms with Crippen LogP contribution >= 0.6 is 25.3 Å². The zero-order chi connectivity index (χ0) is 16.3. The number of nitrogens with zero attached hydrogens (tertiary/aromatic N) is 1. The van der Waals surface area contributed by atoms with E-state index in [1.54, 1.807) is 31.3 Å². The van der Waals surface area contributed by atoms with Crippen molar-refractivity contribution in [1.29, 1.82) is 0 Å². The smallest absolute Gasteiger partial charge is 0.207 e. The van der Waals surface area contributed by atoms with Crippen molar-refractivity contribution in [3.05, 3.63) is 48.5 Å². The zero-order valence-corrected chi connectivity index (χ0v) is 15.1. The number of thiol groups is 2. The molecule has 2 aromatic carbocycles. The maximum Gasteiger partial charge on any atom is 0.243 e. The predicted octanol–water partition coefficient (Wildman–Crippen LogP) is 3.58. The molecular formula is C16H19NO2S3. The Morgan fingerprint density at radius 2 is 1.68 bits per heavy atom. The Hall–Kier alpha value is -0.950. The molecule has 1 atom stereocenters. The molecule has 0 bridgehead atoms. The summed E-state index contributed by atoms with van der Waals surface area (Å²) in [7, 11) is -1.92. The monoisotopic (exact) mass is 353 g/mol. The lowest BCUT2D eigenvalue weighted by atomic mass is 10.1. The van der Waals surface area contributed by atoms with Crippen molar-refractivity contribution in [3.8, 4) is 11.1 Å². The molecule has 2 rings (SSSR count). The third kappa shape index (κ3) is 3.51. The van der Waals surface area contributed by atoms with Crippen LogP contribution < -0.4 is 0 Å². The SMILES string of the molecule is C[C@H](CS)N(C)S(=O)(=O)c1ccc(-c2ccccc2S)cc1. The summed E-state index contributed by atoms with van der Waals surface area (Å²) in [6.07, 6.45) is 0. The van der Waals surface area contributed by atoms with Crippen LogP contribution in [-0.4, -0.2) is 31.6 Å². The normalized spacial score (nSPS) is 13.3. The van der Waals surface area contributed by atoms with Crippen LogP contribution in [0.2, 0.25) is 0 Å². The summed E-state index contributed by atoms with van der Waals surface area (Å²) in [5.41, 5.74) is 1.92. The van der Waals surface area contributed by atoms with Crippen LogP contribution in [0.5, 0.6) is 0 Å². The standard InChI is InChI=1S/C16H19NO2S3/c1-12(11-20)17(2)22(18,19)14-9-7-13(8-10-14)15-5-3-4-6-16(15)21/h3-10,12,20-21H,11H2,1-2H3/t12-/m1/s1. The van der Waals surface area contributed by atoms with Crippen LogP contribution in [0.4, 0.5) is 0 Å². The summed E-state index contributed by atoms with van der Waals surface area (Å²) in [6, 6.07) is 14.4. The van der Waals surface area contributed by atoms with Gasteiger partial charge in [-0.2, -0.15) is 16.9 Å². The van der Waals surface area contributed by atoms with Crippen molar-refractivity contribution in [1.82, 2.24) is 4.31 Å². The van der Waals surface area contributed by atoms with Crippen LogP contribution in [0.1, 0.15) is 6.92 Å². The largest absolute Gasteiger partial charge is 0.243 e. The van der Waals surface area contributed by atoms with Gasteiger partial charge in [-0.1, -0.05) is 30.3 Å². The summed E-state index contributed by atoms with van der Waals surface area (Å²) in [5.74, 6) is 0.473. The number of sulfonamides is 1. The molecule has 0 fully saturated rings. The van der Waals surface area contributed by atoms with Crippen molar-refractivity contribution in [3.63, 3.8) is 0 Å². The Labute approximate surface area is 143 Å². The lowest BCUT2D eigenvalue weighted by Crippen LogP contribution is -2.36. The summed E-state index contributed by atoms with van der Waals surface area (Å²) >= 11 is 8.59. The molecule has 6 heteroatoms. The van der Waals surface area contributed by atoms with E-state index in [-0.39, 0.29) is 10.9 Å². The molecule has 0 heterocycles. The molecule has 0 aliphatic carbocycles. The molecule has 0 saturated heterocycles. The van der Waals surface area contributed by atoms with Crippen molar-refractivity contribution >= 4 is 35.3 Å². The third-order valence-corrected chi connectivity index (χ3v) is 6.54. The molecule has 0 aromatic heterocycles. The topological polar surface area (TPSA) is 37.4 Å². The van der Waals surface area contributed by atoms with Gasteiger partial charge in [0, 0.05) is 23.7 Å². The van der Waals surface area contributed by atoms with Gasteiger partial charge in [-0.25, -0.2) is 8.42 Å². The van der Waals surface area contributed by atoms with Gasteiger partial charge in [0.05, 0.1) is 4.90 Å². The molecule has 2 aromatic rings. The van der Waals surface area contributed by atoms with Gasteiger partial charge in [0.2, 0.25) is 10.0 Å². The van der Waals surface area contributed by atoms with Crippen molar-refractivity contribution in [2.75, 3.05) is 12.8 Å². The highest BCUT2D eigenvalue weighted by Gasteiger charge is 2.24. The van der Waals surface area contributed by atoms with Crippen LogP contribution in [0.25, 0.3) is 11.1 Å². The highest BCUT2D eigenvalue weighted by molar-refractivity contribution is 7.89. The predicted molar refractivity (Wildman–Crippen MR) is 97.4 cm³/mol. The van der Waals surface area contributed by atoms with Crippen LogP contribution in [0.3, 0.4) is 0 Å². The van der Waals surface area contributed by atoms with E-state index in [1.807, 2.05) is 31.2 Å². The van der Waals surface area contributed by atoms with Gasteiger partial charge in [-0.15, -0.1) is 12.6 Å². The molecule has 118 valence electrons. The lowest BCUT2D eigenvalue weighted by Gasteiger charge is -2.23. The molecule has 0 aliphatic rings. The van der Waals surface area contributed by atoms with Gasteiger partial charge in [0.25, 0.3) is 0 Å². The van der Waals surface area contributed by atoms with E-state index in [0.29, 0.717) is 5.75 Å². The first kappa shape index (κ1) is 17.4. The van der Waals surface area contributed by atoms with E-state index < -0.39 is 10.0 Å². The maximum atomic E-state index is 12.5. The molecule has 0 radical (unpaired) electrons. The van der Waals surface area contributed by atoms with E-state index >= 15 is 0 Å². The minimum atomic E-state index is -3.49. The second kappa shape index (κ2) is 7.08. The van der Waals surface area contributed by atoms with Crippen LogP contribution in [0.15, 0.2) is 58.3 Å². The molecule has 22 heavy (non-hydrogen) atoms. The lowest BCUT2D eigenvalue weighted by molar-refractivity contribution is 0.415. The average molecular weight is 354 g/mol. The second-order valence-electron chi connectivity index (χ2n) is 5.09. The van der Waals surface area contributed by atoms with Gasteiger partial charge in [-0.05, 0) is 36.2 Å². The summed E-state index contributed by atoms with van der Waals surface area (Å²) in [6.45, 7) is 1.83. The maximum absolute atomic E-state index is 12.5. The third-order valence-electron chi connectivity index (χ3n) is 3.63. The minimum Gasteiger partial charge on any atom is -0.207 e. The highest BCUT2D eigenvalue weighted by atomic mass is 32.2. The molecular weight excluding hydrogens is 334 g/mol. The van der Waals surface area contributed by atoms with E-state index in [2.05, 4.69) is 25.3 Å². The summed E-state index contributed by atoms with van der Waals surface area (Å²) < 4.78 is 26.4. The first-order valence-electron chi connectivity index (χ1n) is 6.85. The number of hydrogen-bond donors (Lipinski definition) is 2. The molecule has 0 unspecified atom stereocenters. The van der Waals surface area contributed by atoms with Gasteiger partial charge >= 0.3 is 0 Å². The Kier molecular flexibility index (Phi) is 5.60. The highest BCUT2D eigenvalue weighted by Crippen LogP contribution is 2.28. The van der Waals surface area contributed by atoms with Gasteiger partial charge in [0.1, 0.15) is 0 Å². The average Bonchev–Trinajstić information content (AvgIpc) is 2.54.